The number of carbonyl (C=O) groups is 1. The molecule has 4 aromatic carbocycles. The van der Waals surface area contributed by atoms with Crippen LogP contribution in [-0.4, -0.2) is 11.1 Å². The van der Waals surface area contributed by atoms with Crippen LogP contribution < -0.4 is 9.64 Å². The average molecular weight is 578 g/mol. The zero-order chi connectivity index (χ0) is 27.5. The molecular weight excluding hydrogens is 554 g/mol. The fraction of sp³-hybridized carbons (Fsp3) is 0.0968. The van der Waals surface area contributed by atoms with Crippen molar-refractivity contribution >= 4 is 63.5 Å². The zero-order valence-corrected chi connectivity index (χ0v) is 23.4. The number of benzene rings is 4. The smallest absolute Gasteiger partial charge is 0.271 e. The van der Waals surface area contributed by atoms with Crippen molar-refractivity contribution < 1.29 is 13.9 Å². The third-order valence-electron chi connectivity index (χ3n) is 6.10. The number of amides is 1. The van der Waals surface area contributed by atoms with Crippen molar-refractivity contribution in [2.45, 2.75) is 20.5 Å². The third-order valence-corrected chi connectivity index (χ3v) is 7.88. The van der Waals surface area contributed by atoms with Crippen LogP contribution in [0, 0.1) is 19.7 Å². The first-order valence-electron chi connectivity index (χ1n) is 12.1. The van der Waals surface area contributed by atoms with Gasteiger partial charge in [-0.2, -0.15) is 0 Å². The van der Waals surface area contributed by atoms with Crippen molar-refractivity contribution in [1.29, 1.82) is 0 Å². The second kappa shape index (κ2) is 11.7. The predicted octanol–water partition coefficient (Wildman–Crippen LogP) is 9.14. The van der Waals surface area contributed by atoms with Gasteiger partial charge in [0.1, 0.15) is 18.2 Å². The van der Waals surface area contributed by atoms with Gasteiger partial charge in [0.2, 0.25) is 0 Å². The molecular formula is C31H23Cl2FN2O2S. The molecule has 0 N–H and O–H groups in total. The molecule has 4 nitrogen and oxygen atoms in total. The van der Waals surface area contributed by atoms with Gasteiger partial charge in [0.05, 0.1) is 16.3 Å². The Morgan fingerprint density at radius 3 is 2.23 bits per heavy atom. The second-order valence-electron chi connectivity index (χ2n) is 9.00. The maximum Gasteiger partial charge on any atom is 0.271 e. The highest BCUT2D eigenvalue weighted by Crippen LogP contribution is 2.39. The topological polar surface area (TPSA) is 41.9 Å². The molecule has 0 spiro atoms. The Labute approximate surface area is 240 Å². The average Bonchev–Trinajstić information content (AvgIpc) is 3.22. The molecule has 0 aromatic heterocycles. The Balaban J connectivity index is 1.41. The van der Waals surface area contributed by atoms with Gasteiger partial charge in [-0.3, -0.25) is 9.69 Å². The highest BCUT2D eigenvalue weighted by molar-refractivity contribution is 8.19. The lowest BCUT2D eigenvalue weighted by Crippen LogP contribution is -2.28. The lowest BCUT2D eigenvalue weighted by molar-refractivity contribution is -0.113. The van der Waals surface area contributed by atoms with Crippen LogP contribution in [0.4, 0.5) is 15.8 Å². The van der Waals surface area contributed by atoms with Crippen molar-refractivity contribution in [2.75, 3.05) is 4.90 Å². The molecule has 0 radical (unpaired) electrons. The number of amidine groups is 1. The third kappa shape index (κ3) is 6.36. The number of anilines is 1. The van der Waals surface area contributed by atoms with E-state index in [1.165, 1.54) is 23.9 Å². The first-order valence-corrected chi connectivity index (χ1v) is 13.7. The maximum absolute atomic E-state index is 13.6. The quantitative estimate of drug-likeness (QED) is 0.215. The zero-order valence-electron chi connectivity index (χ0n) is 21.1. The molecule has 0 aliphatic carbocycles. The minimum Gasteiger partial charge on any atom is -0.489 e. The van der Waals surface area contributed by atoms with E-state index >= 15 is 0 Å². The van der Waals surface area contributed by atoms with Crippen molar-refractivity contribution in [3.63, 3.8) is 0 Å². The van der Waals surface area contributed by atoms with E-state index in [1.807, 2.05) is 68.5 Å². The molecule has 8 heteroatoms. The summed E-state index contributed by atoms with van der Waals surface area (Å²) in [6.45, 7) is 4.16. The van der Waals surface area contributed by atoms with Crippen LogP contribution in [0.3, 0.4) is 0 Å². The number of carbonyl (C=O) groups excluding carboxylic acids is 1. The van der Waals surface area contributed by atoms with Crippen molar-refractivity contribution in [3.8, 4) is 5.75 Å². The number of halogens is 3. The molecule has 0 bridgehead atoms. The van der Waals surface area contributed by atoms with Gasteiger partial charge in [-0.25, -0.2) is 9.38 Å². The number of aryl methyl sites for hydroxylation is 2. The van der Waals surface area contributed by atoms with E-state index in [0.717, 1.165) is 22.3 Å². The molecule has 4 aromatic rings. The summed E-state index contributed by atoms with van der Waals surface area (Å²) in [6, 6.07) is 24.7. The Morgan fingerprint density at radius 2 is 1.56 bits per heavy atom. The van der Waals surface area contributed by atoms with Crippen LogP contribution in [0.2, 0.25) is 10.0 Å². The molecule has 0 unspecified atom stereocenters. The largest absolute Gasteiger partial charge is 0.489 e. The molecule has 196 valence electrons. The number of hydrogen-bond acceptors (Lipinski definition) is 4. The van der Waals surface area contributed by atoms with E-state index in [1.54, 1.807) is 29.2 Å². The Morgan fingerprint density at radius 1 is 0.897 bits per heavy atom. The van der Waals surface area contributed by atoms with Gasteiger partial charge in [0, 0.05) is 10.0 Å². The number of ether oxygens (including phenoxy) is 1. The van der Waals surface area contributed by atoms with Gasteiger partial charge in [-0.05, 0) is 102 Å². The molecule has 1 amide bonds. The van der Waals surface area contributed by atoms with Crippen molar-refractivity contribution in [2.24, 2.45) is 4.99 Å². The van der Waals surface area contributed by atoms with Gasteiger partial charge in [-0.15, -0.1) is 0 Å². The monoisotopic (exact) mass is 576 g/mol. The maximum atomic E-state index is 13.6. The first kappa shape index (κ1) is 27.0. The standard InChI is InChI=1S/C31H23Cl2FN2O2S/c1-19-3-11-24(16-27(19)32)35-31-36(25-12-4-20(2)28(33)17-25)30(37)29(39-31)15-21-7-13-26(14-8-21)38-18-22-5-9-23(34)10-6-22/h3-17H,18H2,1-2H3/b29-15+,35-31?. The van der Waals surface area contributed by atoms with Crippen LogP contribution in [-0.2, 0) is 11.4 Å². The van der Waals surface area contributed by atoms with Crippen LogP contribution in [0.5, 0.6) is 5.75 Å². The second-order valence-corrected chi connectivity index (χ2v) is 10.8. The first-order chi connectivity index (χ1) is 18.8. The van der Waals surface area contributed by atoms with Crippen molar-refractivity contribution in [1.82, 2.24) is 0 Å². The van der Waals surface area contributed by atoms with Crippen molar-refractivity contribution in [3.05, 3.63) is 128 Å². The number of aliphatic imine (C=N–C) groups is 1. The normalized spacial score (nSPS) is 15.4. The summed E-state index contributed by atoms with van der Waals surface area (Å²) >= 11 is 14.0. The summed E-state index contributed by atoms with van der Waals surface area (Å²) in [4.78, 5) is 20.5. The predicted molar refractivity (Wildman–Crippen MR) is 160 cm³/mol. The molecule has 0 saturated carbocycles. The van der Waals surface area contributed by atoms with Gasteiger partial charge in [0.15, 0.2) is 5.17 Å². The molecule has 1 aliphatic rings. The molecule has 1 aliphatic heterocycles. The van der Waals surface area contributed by atoms with Gasteiger partial charge in [0.25, 0.3) is 5.91 Å². The SMILES string of the molecule is Cc1ccc(N=C2S/C(=C/c3ccc(OCc4ccc(F)cc4)cc3)C(=O)N2c2ccc(C)c(Cl)c2)cc1Cl. The van der Waals surface area contributed by atoms with Gasteiger partial charge in [-0.1, -0.05) is 59.6 Å². The minimum atomic E-state index is -0.282. The van der Waals surface area contributed by atoms with E-state index in [2.05, 4.69) is 0 Å². The molecule has 5 rings (SSSR count). The summed E-state index contributed by atoms with van der Waals surface area (Å²) < 4.78 is 18.9. The number of hydrogen-bond donors (Lipinski definition) is 0. The fourth-order valence-electron chi connectivity index (χ4n) is 3.82. The number of nitrogens with zero attached hydrogens (tertiary/aromatic N) is 2. The van der Waals surface area contributed by atoms with Crippen LogP contribution in [0.15, 0.2) is 94.8 Å². The summed E-state index contributed by atoms with van der Waals surface area (Å²) in [5, 5.41) is 1.68. The highest BCUT2D eigenvalue weighted by Gasteiger charge is 2.35. The lowest BCUT2D eigenvalue weighted by atomic mass is 10.2. The van der Waals surface area contributed by atoms with E-state index < -0.39 is 0 Å². The van der Waals surface area contributed by atoms with E-state index in [0.29, 0.717) is 43.8 Å². The summed E-state index contributed by atoms with van der Waals surface area (Å²) in [6.07, 6.45) is 1.82. The minimum absolute atomic E-state index is 0.200. The molecule has 1 fully saturated rings. The number of thioether (sulfide) groups is 1. The Bertz CT molecular complexity index is 1600. The summed E-state index contributed by atoms with van der Waals surface area (Å²) in [7, 11) is 0. The summed E-state index contributed by atoms with van der Waals surface area (Å²) in [5.41, 5.74) is 4.85. The Kier molecular flexibility index (Phi) is 8.07. The van der Waals surface area contributed by atoms with E-state index in [9.17, 15) is 9.18 Å². The van der Waals surface area contributed by atoms with Gasteiger partial charge >= 0.3 is 0 Å². The lowest BCUT2D eigenvalue weighted by Gasteiger charge is -2.16. The van der Waals surface area contributed by atoms with E-state index in [-0.39, 0.29) is 11.7 Å². The fourth-order valence-corrected chi connectivity index (χ4v) is 5.17. The molecule has 1 saturated heterocycles. The van der Waals surface area contributed by atoms with Gasteiger partial charge < -0.3 is 4.74 Å². The Hall–Kier alpha value is -3.58. The summed E-state index contributed by atoms with van der Waals surface area (Å²) in [5.74, 6) is 0.185. The molecule has 1 heterocycles. The van der Waals surface area contributed by atoms with Crippen LogP contribution >= 0.6 is 35.0 Å². The number of rotatable bonds is 6. The van der Waals surface area contributed by atoms with Crippen LogP contribution in [0.1, 0.15) is 22.3 Å². The molecule has 0 atom stereocenters. The van der Waals surface area contributed by atoms with Crippen LogP contribution in [0.25, 0.3) is 6.08 Å². The van der Waals surface area contributed by atoms with E-state index in [4.69, 9.17) is 32.9 Å². The highest BCUT2D eigenvalue weighted by atomic mass is 35.5. The molecule has 39 heavy (non-hydrogen) atoms.